The van der Waals surface area contributed by atoms with E-state index in [9.17, 15) is 9.18 Å². The van der Waals surface area contributed by atoms with Gasteiger partial charge in [0.1, 0.15) is 5.82 Å². The number of hydrogen-bond acceptors (Lipinski definition) is 2. The van der Waals surface area contributed by atoms with Crippen LogP contribution in [0.2, 0.25) is 0 Å². The number of carbonyl (C=O) groups excluding carboxylic acids is 1. The number of aromatic nitrogens is 1. The molecule has 0 saturated carbocycles. The van der Waals surface area contributed by atoms with Crippen molar-refractivity contribution in [2.24, 2.45) is 0 Å². The molecule has 4 heteroatoms. The van der Waals surface area contributed by atoms with E-state index in [1.165, 1.54) is 12.1 Å². The smallest absolute Gasteiger partial charge is 0.220 e. The number of nitrogens with zero attached hydrogens (tertiary/aromatic N) is 1. The zero-order valence-corrected chi connectivity index (χ0v) is 11.2. The van der Waals surface area contributed by atoms with Crippen LogP contribution >= 0.6 is 0 Å². The van der Waals surface area contributed by atoms with Gasteiger partial charge in [0.15, 0.2) is 0 Å². The van der Waals surface area contributed by atoms with Gasteiger partial charge < -0.3 is 5.32 Å². The Morgan fingerprint density at radius 2 is 1.90 bits per heavy atom. The van der Waals surface area contributed by atoms with E-state index in [2.05, 4.69) is 10.3 Å². The number of aryl methyl sites for hydroxylation is 1. The Balaban J connectivity index is 1.66. The topological polar surface area (TPSA) is 42.0 Å². The van der Waals surface area contributed by atoms with Crippen LogP contribution in [0.4, 0.5) is 4.39 Å². The fraction of sp³-hybridized carbons (Fsp3) is 0.250. The van der Waals surface area contributed by atoms with Crippen molar-refractivity contribution in [2.45, 2.75) is 19.3 Å². The van der Waals surface area contributed by atoms with Gasteiger partial charge in [0.2, 0.25) is 5.91 Å². The lowest BCUT2D eigenvalue weighted by atomic mass is 10.1. The van der Waals surface area contributed by atoms with Gasteiger partial charge in [-0.3, -0.25) is 9.78 Å². The summed E-state index contributed by atoms with van der Waals surface area (Å²) in [6, 6.07) is 10.1. The summed E-state index contributed by atoms with van der Waals surface area (Å²) in [7, 11) is 0. The first-order valence-electron chi connectivity index (χ1n) is 6.64. The van der Waals surface area contributed by atoms with E-state index >= 15 is 0 Å². The lowest BCUT2D eigenvalue weighted by Gasteiger charge is -2.05. The van der Waals surface area contributed by atoms with Crippen LogP contribution in [0.25, 0.3) is 0 Å². The number of halogens is 1. The van der Waals surface area contributed by atoms with Gasteiger partial charge in [-0.25, -0.2) is 4.39 Å². The molecule has 1 aromatic heterocycles. The third kappa shape index (κ3) is 4.80. The molecule has 0 aliphatic rings. The molecule has 0 atom stereocenters. The molecular weight excluding hydrogens is 255 g/mol. The van der Waals surface area contributed by atoms with Crippen LogP contribution < -0.4 is 5.32 Å². The first-order valence-corrected chi connectivity index (χ1v) is 6.64. The molecule has 2 rings (SSSR count). The molecule has 1 heterocycles. The maximum atomic E-state index is 12.7. The van der Waals surface area contributed by atoms with Crippen molar-refractivity contribution < 1.29 is 9.18 Å². The standard InChI is InChI=1S/C16H17FN2O/c17-15-6-3-13(4-7-15)9-11-19-16(20)8-5-14-2-1-10-18-12-14/h1-4,6-7,10,12H,5,8-9,11H2,(H,19,20). The summed E-state index contributed by atoms with van der Waals surface area (Å²) < 4.78 is 12.7. The number of nitrogens with one attached hydrogen (secondary N) is 1. The predicted octanol–water partition coefficient (Wildman–Crippen LogP) is 2.51. The summed E-state index contributed by atoms with van der Waals surface area (Å²) in [4.78, 5) is 15.7. The van der Waals surface area contributed by atoms with Crippen molar-refractivity contribution in [3.8, 4) is 0 Å². The van der Waals surface area contributed by atoms with Gasteiger partial charge >= 0.3 is 0 Å². The van der Waals surface area contributed by atoms with Crippen LogP contribution in [-0.2, 0) is 17.6 Å². The minimum atomic E-state index is -0.241. The van der Waals surface area contributed by atoms with Crippen molar-refractivity contribution in [1.29, 1.82) is 0 Å². The highest BCUT2D eigenvalue weighted by atomic mass is 19.1. The number of carbonyl (C=O) groups is 1. The minimum Gasteiger partial charge on any atom is -0.356 e. The normalized spacial score (nSPS) is 10.2. The van der Waals surface area contributed by atoms with Gasteiger partial charge in [-0.05, 0) is 42.2 Å². The molecule has 1 aromatic carbocycles. The van der Waals surface area contributed by atoms with Crippen LogP contribution in [0.5, 0.6) is 0 Å². The first-order chi connectivity index (χ1) is 9.74. The highest BCUT2D eigenvalue weighted by Gasteiger charge is 2.02. The quantitative estimate of drug-likeness (QED) is 0.878. The predicted molar refractivity (Wildman–Crippen MR) is 75.7 cm³/mol. The second-order valence-electron chi connectivity index (χ2n) is 4.59. The summed E-state index contributed by atoms with van der Waals surface area (Å²) in [5.74, 6) is -0.217. The average Bonchev–Trinajstić information content (AvgIpc) is 2.48. The maximum absolute atomic E-state index is 12.7. The van der Waals surface area contributed by atoms with Crippen LogP contribution in [-0.4, -0.2) is 17.4 Å². The Labute approximate surface area is 117 Å². The molecule has 0 aliphatic carbocycles. The van der Waals surface area contributed by atoms with Gasteiger partial charge in [-0.15, -0.1) is 0 Å². The molecule has 104 valence electrons. The van der Waals surface area contributed by atoms with Crippen LogP contribution in [0.15, 0.2) is 48.8 Å². The highest BCUT2D eigenvalue weighted by molar-refractivity contribution is 5.76. The van der Waals surface area contributed by atoms with E-state index in [1.54, 1.807) is 24.5 Å². The molecule has 0 unspecified atom stereocenters. The summed E-state index contributed by atoms with van der Waals surface area (Å²) in [6.07, 6.45) is 5.34. The number of hydrogen-bond donors (Lipinski definition) is 1. The maximum Gasteiger partial charge on any atom is 0.220 e. The third-order valence-corrected chi connectivity index (χ3v) is 3.01. The second kappa shape index (κ2) is 7.38. The molecule has 1 N–H and O–H groups in total. The molecule has 1 amide bonds. The van der Waals surface area contributed by atoms with E-state index in [4.69, 9.17) is 0 Å². The molecule has 0 radical (unpaired) electrons. The second-order valence-corrected chi connectivity index (χ2v) is 4.59. The summed E-state index contributed by atoms with van der Waals surface area (Å²) in [6.45, 7) is 0.567. The molecule has 0 saturated heterocycles. The Bertz CT molecular complexity index is 540. The van der Waals surface area contributed by atoms with Gasteiger partial charge in [0.25, 0.3) is 0 Å². The van der Waals surface area contributed by atoms with Crippen molar-refractivity contribution >= 4 is 5.91 Å². The fourth-order valence-corrected chi connectivity index (χ4v) is 1.89. The fourth-order valence-electron chi connectivity index (χ4n) is 1.89. The number of pyridine rings is 1. The number of rotatable bonds is 6. The molecule has 0 bridgehead atoms. The van der Waals surface area contributed by atoms with Crippen LogP contribution in [0, 0.1) is 5.82 Å². The Kier molecular flexibility index (Phi) is 5.24. The molecule has 0 fully saturated rings. The Morgan fingerprint density at radius 1 is 1.10 bits per heavy atom. The lowest BCUT2D eigenvalue weighted by molar-refractivity contribution is -0.121. The Morgan fingerprint density at radius 3 is 2.60 bits per heavy atom. The molecular formula is C16H17FN2O. The van der Waals surface area contributed by atoms with E-state index in [-0.39, 0.29) is 11.7 Å². The Hall–Kier alpha value is -2.23. The monoisotopic (exact) mass is 272 g/mol. The third-order valence-electron chi connectivity index (χ3n) is 3.01. The van der Waals surface area contributed by atoms with Crippen LogP contribution in [0.3, 0.4) is 0 Å². The lowest BCUT2D eigenvalue weighted by Crippen LogP contribution is -2.25. The van der Waals surface area contributed by atoms with Gasteiger partial charge in [-0.1, -0.05) is 18.2 Å². The minimum absolute atomic E-state index is 0.0240. The van der Waals surface area contributed by atoms with E-state index in [1.807, 2.05) is 12.1 Å². The summed E-state index contributed by atoms with van der Waals surface area (Å²) in [5, 5.41) is 2.86. The summed E-state index contributed by atoms with van der Waals surface area (Å²) >= 11 is 0. The molecule has 0 aliphatic heterocycles. The van der Waals surface area contributed by atoms with E-state index in [0.717, 1.165) is 11.1 Å². The summed E-state index contributed by atoms with van der Waals surface area (Å²) in [5.41, 5.74) is 2.07. The van der Waals surface area contributed by atoms with Crippen molar-refractivity contribution in [2.75, 3.05) is 6.54 Å². The van der Waals surface area contributed by atoms with Gasteiger partial charge in [-0.2, -0.15) is 0 Å². The van der Waals surface area contributed by atoms with E-state index < -0.39 is 0 Å². The van der Waals surface area contributed by atoms with Crippen molar-refractivity contribution in [3.63, 3.8) is 0 Å². The molecule has 3 nitrogen and oxygen atoms in total. The first kappa shape index (κ1) is 14.2. The van der Waals surface area contributed by atoms with Crippen molar-refractivity contribution in [1.82, 2.24) is 10.3 Å². The van der Waals surface area contributed by atoms with Crippen molar-refractivity contribution in [3.05, 3.63) is 65.7 Å². The number of benzene rings is 1. The van der Waals surface area contributed by atoms with Crippen LogP contribution in [0.1, 0.15) is 17.5 Å². The zero-order valence-electron chi connectivity index (χ0n) is 11.2. The average molecular weight is 272 g/mol. The van der Waals surface area contributed by atoms with E-state index in [0.29, 0.717) is 25.8 Å². The number of amides is 1. The SMILES string of the molecule is O=C(CCc1cccnc1)NCCc1ccc(F)cc1. The highest BCUT2D eigenvalue weighted by Crippen LogP contribution is 2.03. The largest absolute Gasteiger partial charge is 0.356 e. The molecule has 0 spiro atoms. The zero-order chi connectivity index (χ0) is 14.2. The van der Waals surface area contributed by atoms with Gasteiger partial charge in [0, 0.05) is 25.4 Å². The molecule has 2 aromatic rings. The molecule has 20 heavy (non-hydrogen) atoms. The van der Waals surface area contributed by atoms with Gasteiger partial charge in [0.05, 0.1) is 0 Å².